The summed E-state index contributed by atoms with van der Waals surface area (Å²) in [7, 11) is -4.98. The molecule has 0 heterocycles. The number of nitrogens with one attached hydrogen (secondary N) is 1. The van der Waals surface area contributed by atoms with E-state index in [9.17, 15) is 22.8 Å². The predicted molar refractivity (Wildman–Crippen MR) is 159 cm³/mol. The van der Waals surface area contributed by atoms with Gasteiger partial charge in [-0.05, 0) is 44.5 Å². The molecule has 2 rings (SSSR count). The third kappa shape index (κ3) is 12.4. The van der Waals surface area contributed by atoms with Crippen LogP contribution in [0.3, 0.4) is 0 Å². The Morgan fingerprint density at radius 3 is 2.21 bits per heavy atom. The molecule has 2 aromatic carbocycles. The van der Waals surface area contributed by atoms with Gasteiger partial charge in [0.1, 0.15) is 30.3 Å². The number of ether oxygens (including phenoxy) is 5. The molecule has 0 fully saturated rings. The summed E-state index contributed by atoms with van der Waals surface area (Å²) in [5.74, 6) is -1.29. The van der Waals surface area contributed by atoms with E-state index in [0.29, 0.717) is 10.9 Å². The van der Waals surface area contributed by atoms with Crippen LogP contribution in [0.25, 0.3) is 0 Å². The molecule has 42 heavy (non-hydrogen) atoms. The summed E-state index contributed by atoms with van der Waals surface area (Å²) >= 11 is 0. The molecule has 0 saturated carbocycles. The molecular weight excluding hydrogens is 584 g/mol. The molecule has 0 radical (unpaired) electrons. The molecule has 0 bridgehead atoms. The molecule has 0 saturated heterocycles. The molecular formula is C28H40N2O10SSi. The molecule has 1 amide bonds. The van der Waals surface area contributed by atoms with Crippen molar-refractivity contribution in [1.82, 2.24) is 4.72 Å². The van der Waals surface area contributed by atoms with Gasteiger partial charge in [0.05, 0.1) is 19.4 Å². The summed E-state index contributed by atoms with van der Waals surface area (Å²) in [4.78, 5) is 36.8. The average Bonchev–Trinajstić information content (AvgIpc) is 2.87. The minimum absolute atomic E-state index is 0.0121. The van der Waals surface area contributed by atoms with Crippen LogP contribution in [0.5, 0.6) is 11.5 Å². The summed E-state index contributed by atoms with van der Waals surface area (Å²) in [6, 6.07) is 14.0. The molecule has 1 N–H and O–H groups in total. The van der Waals surface area contributed by atoms with Crippen LogP contribution in [-0.2, 0) is 40.6 Å². The minimum Gasteiger partial charge on any atom is -0.487 e. The van der Waals surface area contributed by atoms with E-state index in [-0.39, 0.29) is 30.4 Å². The van der Waals surface area contributed by atoms with Crippen LogP contribution in [0.1, 0.15) is 26.3 Å². The fraction of sp³-hybridized carbons (Fsp3) is 0.464. The van der Waals surface area contributed by atoms with Gasteiger partial charge < -0.3 is 23.7 Å². The Balaban J connectivity index is 2.39. The number of nitrogens with zero attached hydrogens (tertiary/aromatic N) is 1. The first-order valence-corrected chi connectivity index (χ1v) is 18.3. The first-order valence-electron chi connectivity index (χ1n) is 13.2. The number of amides is 1. The van der Waals surface area contributed by atoms with Gasteiger partial charge in [-0.3, -0.25) is 4.79 Å². The van der Waals surface area contributed by atoms with E-state index in [1.165, 1.54) is 18.2 Å². The summed E-state index contributed by atoms with van der Waals surface area (Å²) < 4.78 is 55.7. The monoisotopic (exact) mass is 624 g/mol. The predicted octanol–water partition coefficient (Wildman–Crippen LogP) is 4.27. The van der Waals surface area contributed by atoms with E-state index in [2.05, 4.69) is 19.6 Å². The number of hydrogen-bond donors (Lipinski definition) is 1. The normalized spacial score (nSPS) is 11.7. The Labute approximate surface area is 248 Å². The summed E-state index contributed by atoms with van der Waals surface area (Å²) in [6.45, 7) is 10.4. The SMILES string of the molecule is COC(=O)CN(c1ccc(OCC(=O)OCC[Si](C)(C)C)cc1OCc1ccccc1)S(=O)(=O)NC(=O)OC(C)(C)C. The summed E-state index contributed by atoms with van der Waals surface area (Å²) in [5, 5.41) is 0. The van der Waals surface area contributed by atoms with E-state index in [0.717, 1.165) is 18.7 Å². The van der Waals surface area contributed by atoms with Crippen LogP contribution in [0.2, 0.25) is 25.7 Å². The van der Waals surface area contributed by atoms with Crippen molar-refractivity contribution >= 4 is 42.0 Å². The second kappa shape index (κ2) is 14.9. The summed E-state index contributed by atoms with van der Waals surface area (Å²) in [6.07, 6.45) is -1.24. The molecule has 2 aromatic rings. The number of esters is 2. The third-order valence-corrected chi connectivity index (χ3v) is 8.35. The fourth-order valence-electron chi connectivity index (χ4n) is 3.24. The second-order valence-electron chi connectivity index (χ2n) is 11.4. The zero-order valence-electron chi connectivity index (χ0n) is 25.1. The van der Waals surface area contributed by atoms with E-state index in [1.54, 1.807) is 20.8 Å². The van der Waals surface area contributed by atoms with Crippen molar-refractivity contribution < 1.29 is 46.5 Å². The number of carbonyl (C=O) groups is 3. The van der Waals surface area contributed by atoms with Crippen LogP contribution in [0, 0.1) is 0 Å². The molecule has 232 valence electrons. The van der Waals surface area contributed by atoms with Gasteiger partial charge in [0.2, 0.25) is 0 Å². The van der Waals surface area contributed by atoms with Gasteiger partial charge in [-0.1, -0.05) is 50.0 Å². The maximum absolute atomic E-state index is 13.3. The van der Waals surface area contributed by atoms with Crippen LogP contribution in [0.4, 0.5) is 10.5 Å². The molecule has 0 atom stereocenters. The Bertz CT molecular complexity index is 1320. The Morgan fingerprint density at radius 1 is 0.952 bits per heavy atom. The van der Waals surface area contributed by atoms with Gasteiger partial charge in [0.25, 0.3) is 0 Å². The first-order chi connectivity index (χ1) is 19.5. The minimum atomic E-state index is -4.70. The van der Waals surface area contributed by atoms with Crippen molar-refractivity contribution in [2.75, 3.05) is 31.2 Å². The largest absolute Gasteiger partial charge is 0.487 e. The number of methoxy groups -OCH3 is 1. The highest BCUT2D eigenvalue weighted by Crippen LogP contribution is 2.35. The van der Waals surface area contributed by atoms with Gasteiger partial charge in [-0.2, -0.15) is 8.42 Å². The third-order valence-electron chi connectivity index (χ3n) is 5.31. The number of carbonyl (C=O) groups excluding carboxylic acids is 3. The average molecular weight is 625 g/mol. The Hall–Kier alpha value is -3.78. The van der Waals surface area contributed by atoms with Crippen molar-refractivity contribution in [3.63, 3.8) is 0 Å². The van der Waals surface area contributed by atoms with Gasteiger partial charge >= 0.3 is 28.2 Å². The van der Waals surface area contributed by atoms with Crippen LogP contribution >= 0.6 is 0 Å². The number of rotatable bonds is 14. The lowest BCUT2D eigenvalue weighted by molar-refractivity contribution is -0.145. The lowest BCUT2D eigenvalue weighted by Gasteiger charge is -2.27. The van der Waals surface area contributed by atoms with Crippen LogP contribution < -0.4 is 18.5 Å². The Morgan fingerprint density at radius 2 is 1.62 bits per heavy atom. The molecule has 0 aliphatic rings. The van der Waals surface area contributed by atoms with E-state index in [1.807, 2.05) is 35.1 Å². The van der Waals surface area contributed by atoms with Crippen molar-refractivity contribution in [2.45, 2.75) is 58.7 Å². The van der Waals surface area contributed by atoms with Crippen LogP contribution in [0.15, 0.2) is 48.5 Å². The standard InChI is InChI=1S/C28H40N2O10SSi/c1-28(2,3)40-27(33)29-41(34,35)30(18-25(31)36-4)23-14-13-22(38-20-26(32)37-15-16-42(5,6)7)17-24(23)39-19-21-11-9-8-10-12-21/h8-14,17H,15-16,18-20H2,1-7H3,(H,29,33). The number of hydrogen-bond acceptors (Lipinski definition) is 10. The van der Waals surface area contributed by atoms with E-state index in [4.69, 9.17) is 23.7 Å². The topological polar surface area (TPSA) is 147 Å². The van der Waals surface area contributed by atoms with E-state index >= 15 is 0 Å². The van der Waals surface area contributed by atoms with Crippen molar-refractivity contribution in [3.8, 4) is 11.5 Å². The smallest absolute Gasteiger partial charge is 0.422 e. The maximum Gasteiger partial charge on any atom is 0.422 e. The lowest BCUT2D eigenvalue weighted by Crippen LogP contribution is -2.47. The van der Waals surface area contributed by atoms with Crippen molar-refractivity contribution in [3.05, 3.63) is 54.1 Å². The molecule has 12 nitrogen and oxygen atoms in total. The van der Waals surface area contributed by atoms with Crippen molar-refractivity contribution in [1.29, 1.82) is 0 Å². The fourth-order valence-corrected chi connectivity index (χ4v) is 5.00. The molecule has 0 aromatic heterocycles. The highest BCUT2D eigenvalue weighted by Gasteiger charge is 2.32. The first kappa shape index (κ1) is 34.4. The number of benzene rings is 2. The maximum atomic E-state index is 13.3. The second-order valence-corrected chi connectivity index (χ2v) is 18.6. The molecule has 0 aliphatic heterocycles. The molecule has 14 heteroatoms. The van der Waals surface area contributed by atoms with Crippen LogP contribution in [-0.4, -0.2) is 67.0 Å². The molecule has 0 aliphatic carbocycles. The zero-order valence-corrected chi connectivity index (χ0v) is 26.9. The highest BCUT2D eigenvalue weighted by atomic mass is 32.2. The highest BCUT2D eigenvalue weighted by molar-refractivity contribution is 7.91. The zero-order chi connectivity index (χ0) is 31.6. The molecule has 0 unspecified atom stereocenters. The number of anilines is 1. The van der Waals surface area contributed by atoms with Gasteiger partial charge in [0.15, 0.2) is 6.61 Å². The van der Waals surface area contributed by atoms with Gasteiger partial charge in [0, 0.05) is 14.1 Å². The quantitative estimate of drug-likeness (QED) is 0.184. The summed E-state index contributed by atoms with van der Waals surface area (Å²) in [5.41, 5.74) is -0.307. The van der Waals surface area contributed by atoms with Crippen molar-refractivity contribution in [2.24, 2.45) is 0 Å². The van der Waals surface area contributed by atoms with E-state index < -0.39 is 48.5 Å². The Kier molecular flexibility index (Phi) is 12.2. The molecule has 0 spiro atoms. The lowest BCUT2D eigenvalue weighted by atomic mass is 10.2. The van der Waals surface area contributed by atoms with Gasteiger partial charge in [-0.25, -0.2) is 18.6 Å². The van der Waals surface area contributed by atoms with Gasteiger partial charge in [-0.15, -0.1) is 0 Å².